The third-order valence-electron chi connectivity index (χ3n) is 3.42. The van der Waals surface area contributed by atoms with Crippen LogP contribution in [0.4, 0.5) is 4.79 Å². The van der Waals surface area contributed by atoms with E-state index in [0.29, 0.717) is 0 Å². The summed E-state index contributed by atoms with van der Waals surface area (Å²) in [5.41, 5.74) is 1.74. The molecule has 0 heterocycles. The van der Waals surface area contributed by atoms with Gasteiger partial charge in [0.15, 0.2) is 0 Å². The van der Waals surface area contributed by atoms with Gasteiger partial charge in [0.25, 0.3) is 0 Å². The van der Waals surface area contributed by atoms with Gasteiger partial charge in [-0.05, 0) is 17.5 Å². The van der Waals surface area contributed by atoms with E-state index in [0.717, 1.165) is 11.1 Å². The van der Waals surface area contributed by atoms with Crippen molar-refractivity contribution >= 4 is 12.1 Å². The standard InChI is InChI=1S/C20H21NO4/c1-2-9-18(19(22)24-14-16-10-5-3-6-11-16)21-20(23)25-15-17-12-7-4-8-13-17/h2-8,10-13,18H,1,9,14-15H2,(H,21,23). The summed E-state index contributed by atoms with van der Waals surface area (Å²) in [6.07, 6.45) is 1.13. The van der Waals surface area contributed by atoms with Crippen LogP contribution in [0.3, 0.4) is 0 Å². The Bertz CT molecular complexity index is 685. The van der Waals surface area contributed by atoms with Crippen molar-refractivity contribution in [1.82, 2.24) is 5.32 Å². The Morgan fingerprint density at radius 3 is 1.96 bits per heavy atom. The van der Waals surface area contributed by atoms with Crippen LogP contribution in [0, 0.1) is 0 Å². The maximum Gasteiger partial charge on any atom is 0.408 e. The van der Waals surface area contributed by atoms with Crippen LogP contribution < -0.4 is 5.32 Å². The second kappa shape index (κ2) is 9.93. The van der Waals surface area contributed by atoms with Crippen LogP contribution in [0.25, 0.3) is 0 Å². The van der Waals surface area contributed by atoms with E-state index in [1.54, 1.807) is 6.08 Å². The van der Waals surface area contributed by atoms with Gasteiger partial charge in [-0.3, -0.25) is 0 Å². The predicted octanol–water partition coefficient (Wildman–Crippen LogP) is 3.60. The lowest BCUT2D eigenvalue weighted by Crippen LogP contribution is -2.41. The van der Waals surface area contributed by atoms with Gasteiger partial charge in [0.05, 0.1) is 0 Å². The van der Waals surface area contributed by atoms with Crippen LogP contribution in [-0.4, -0.2) is 18.1 Å². The minimum Gasteiger partial charge on any atom is -0.459 e. The van der Waals surface area contributed by atoms with Crippen LogP contribution in [0.2, 0.25) is 0 Å². The first-order valence-electron chi connectivity index (χ1n) is 7.97. The molecule has 25 heavy (non-hydrogen) atoms. The molecule has 2 aromatic carbocycles. The van der Waals surface area contributed by atoms with E-state index >= 15 is 0 Å². The summed E-state index contributed by atoms with van der Waals surface area (Å²) >= 11 is 0. The van der Waals surface area contributed by atoms with Crippen molar-refractivity contribution in [3.8, 4) is 0 Å². The average molecular weight is 339 g/mol. The minimum absolute atomic E-state index is 0.131. The molecular formula is C20H21NO4. The van der Waals surface area contributed by atoms with Crippen LogP contribution in [0.15, 0.2) is 73.3 Å². The van der Waals surface area contributed by atoms with E-state index in [1.165, 1.54) is 0 Å². The van der Waals surface area contributed by atoms with E-state index in [1.807, 2.05) is 60.7 Å². The van der Waals surface area contributed by atoms with Gasteiger partial charge in [-0.1, -0.05) is 66.7 Å². The second-order valence-electron chi connectivity index (χ2n) is 5.38. The number of carbonyl (C=O) groups excluding carboxylic acids is 2. The highest BCUT2D eigenvalue weighted by atomic mass is 16.6. The highest BCUT2D eigenvalue weighted by Crippen LogP contribution is 2.05. The topological polar surface area (TPSA) is 64.6 Å². The van der Waals surface area contributed by atoms with Gasteiger partial charge in [0.1, 0.15) is 19.3 Å². The number of alkyl carbamates (subject to hydrolysis) is 1. The summed E-state index contributed by atoms with van der Waals surface area (Å²) in [4.78, 5) is 24.1. The lowest BCUT2D eigenvalue weighted by molar-refractivity contribution is -0.147. The highest BCUT2D eigenvalue weighted by Gasteiger charge is 2.21. The fourth-order valence-corrected chi connectivity index (χ4v) is 2.12. The third kappa shape index (κ3) is 6.51. The Morgan fingerprint density at radius 2 is 1.44 bits per heavy atom. The molecule has 0 saturated heterocycles. The SMILES string of the molecule is C=CCC(NC(=O)OCc1ccccc1)C(=O)OCc1ccccc1. The molecular weight excluding hydrogens is 318 g/mol. The molecule has 0 fully saturated rings. The Labute approximate surface area is 147 Å². The first-order valence-corrected chi connectivity index (χ1v) is 7.97. The van der Waals surface area contributed by atoms with Gasteiger partial charge < -0.3 is 14.8 Å². The number of ether oxygens (including phenoxy) is 2. The molecule has 1 amide bonds. The summed E-state index contributed by atoms with van der Waals surface area (Å²) in [5.74, 6) is -0.527. The third-order valence-corrected chi connectivity index (χ3v) is 3.42. The van der Waals surface area contributed by atoms with Crippen LogP contribution >= 0.6 is 0 Å². The van der Waals surface area contributed by atoms with Crippen LogP contribution in [-0.2, 0) is 27.5 Å². The molecule has 0 aromatic heterocycles. The molecule has 1 unspecified atom stereocenters. The summed E-state index contributed by atoms with van der Waals surface area (Å²) in [7, 11) is 0. The molecule has 0 aliphatic rings. The number of hydrogen-bond donors (Lipinski definition) is 1. The number of benzene rings is 2. The zero-order valence-corrected chi connectivity index (χ0v) is 13.9. The molecule has 0 aliphatic heterocycles. The molecule has 5 heteroatoms. The normalized spacial score (nSPS) is 11.2. The van der Waals surface area contributed by atoms with Gasteiger partial charge >= 0.3 is 12.1 Å². The number of carbonyl (C=O) groups is 2. The van der Waals surface area contributed by atoms with Crippen molar-refractivity contribution in [2.24, 2.45) is 0 Å². The van der Waals surface area contributed by atoms with Gasteiger partial charge in [-0.15, -0.1) is 6.58 Å². The first kappa shape index (κ1) is 18.3. The van der Waals surface area contributed by atoms with E-state index in [4.69, 9.17) is 9.47 Å². The summed E-state index contributed by atoms with van der Waals surface area (Å²) in [6.45, 7) is 3.88. The quantitative estimate of drug-likeness (QED) is 0.589. The molecule has 5 nitrogen and oxygen atoms in total. The lowest BCUT2D eigenvalue weighted by Gasteiger charge is -2.16. The predicted molar refractivity (Wildman–Crippen MR) is 94.6 cm³/mol. The molecule has 2 rings (SSSR count). The molecule has 0 radical (unpaired) electrons. The summed E-state index contributed by atoms with van der Waals surface area (Å²) < 4.78 is 10.4. The van der Waals surface area contributed by atoms with Gasteiger partial charge in [0.2, 0.25) is 0 Å². The van der Waals surface area contributed by atoms with Gasteiger partial charge in [0, 0.05) is 0 Å². The molecule has 0 spiro atoms. The van der Waals surface area contributed by atoms with Crippen LogP contribution in [0.1, 0.15) is 17.5 Å². The number of amides is 1. The van der Waals surface area contributed by atoms with Crippen molar-refractivity contribution in [3.63, 3.8) is 0 Å². The lowest BCUT2D eigenvalue weighted by atomic mass is 10.2. The highest BCUT2D eigenvalue weighted by molar-refractivity contribution is 5.81. The fraction of sp³-hybridized carbons (Fsp3) is 0.200. The number of esters is 1. The fourth-order valence-electron chi connectivity index (χ4n) is 2.12. The molecule has 1 N–H and O–H groups in total. The van der Waals surface area contributed by atoms with Crippen molar-refractivity contribution in [2.45, 2.75) is 25.7 Å². The molecule has 1 atom stereocenters. The molecule has 0 bridgehead atoms. The first-order chi connectivity index (χ1) is 12.2. The molecule has 2 aromatic rings. The van der Waals surface area contributed by atoms with Crippen molar-refractivity contribution < 1.29 is 19.1 Å². The smallest absolute Gasteiger partial charge is 0.408 e. The number of rotatable bonds is 8. The summed E-state index contributed by atoms with van der Waals surface area (Å²) in [6, 6.07) is 17.8. The maximum absolute atomic E-state index is 12.2. The largest absolute Gasteiger partial charge is 0.459 e. The Hall–Kier alpha value is -3.08. The van der Waals surface area contributed by atoms with Crippen molar-refractivity contribution in [2.75, 3.05) is 0 Å². The molecule has 0 aliphatic carbocycles. The monoisotopic (exact) mass is 339 g/mol. The van der Waals surface area contributed by atoms with Crippen molar-refractivity contribution in [3.05, 3.63) is 84.4 Å². The molecule has 0 saturated carbocycles. The van der Waals surface area contributed by atoms with E-state index in [9.17, 15) is 9.59 Å². The molecule has 130 valence electrons. The van der Waals surface area contributed by atoms with E-state index in [2.05, 4.69) is 11.9 Å². The van der Waals surface area contributed by atoms with E-state index < -0.39 is 18.1 Å². The van der Waals surface area contributed by atoms with E-state index in [-0.39, 0.29) is 19.6 Å². The zero-order valence-electron chi connectivity index (χ0n) is 13.9. The second-order valence-corrected chi connectivity index (χ2v) is 5.38. The summed E-state index contributed by atoms with van der Waals surface area (Å²) in [5, 5.41) is 2.52. The zero-order chi connectivity index (χ0) is 17.9. The Morgan fingerprint density at radius 1 is 0.920 bits per heavy atom. The number of nitrogens with one attached hydrogen (secondary N) is 1. The average Bonchev–Trinajstić information content (AvgIpc) is 2.66. The minimum atomic E-state index is -0.829. The van der Waals surface area contributed by atoms with Gasteiger partial charge in [-0.25, -0.2) is 9.59 Å². The maximum atomic E-state index is 12.2. The Balaban J connectivity index is 1.82. The van der Waals surface area contributed by atoms with Crippen molar-refractivity contribution in [1.29, 1.82) is 0 Å². The Kier molecular flexibility index (Phi) is 7.25. The van der Waals surface area contributed by atoms with Crippen LogP contribution in [0.5, 0.6) is 0 Å². The number of hydrogen-bond acceptors (Lipinski definition) is 4. The van der Waals surface area contributed by atoms with Gasteiger partial charge in [-0.2, -0.15) is 0 Å².